The summed E-state index contributed by atoms with van der Waals surface area (Å²) in [6, 6.07) is 8.33. The van der Waals surface area contributed by atoms with Crippen molar-refractivity contribution < 1.29 is 9.90 Å². The topological polar surface area (TPSA) is 49.3 Å². The predicted molar refractivity (Wildman–Crippen MR) is 73.9 cm³/mol. The van der Waals surface area contributed by atoms with E-state index in [9.17, 15) is 4.79 Å². The Labute approximate surface area is 109 Å². The predicted octanol–water partition coefficient (Wildman–Crippen LogP) is 2.73. The maximum atomic E-state index is 11.1. The summed E-state index contributed by atoms with van der Waals surface area (Å²) in [4.78, 5) is 11.1. The average molecular weight is 249 g/mol. The SMILES string of the molecule is Cc1cccc(C(C)(C)CNC(C)(C)C(=O)O)c1. The van der Waals surface area contributed by atoms with E-state index in [2.05, 4.69) is 44.3 Å². The lowest BCUT2D eigenvalue weighted by molar-refractivity contribution is -0.143. The van der Waals surface area contributed by atoms with Crippen molar-refractivity contribution in [1.29, 1.82) is 0 Å². The first kappa shape index (κ1) is 14.7. The summed E-state index contributed by atoms with van der Waals surface area (Å²) < 4.78 is 0. The third kappa shape index (κ3) is 3.57. The Hall–Kier alpha value is -1.35. The number of carboxylic acid groups (broad SMARTS) is 1. The van der Waals surface area contributed by atoms with Crippen LogP contribution in [0.3, 0.4) is 0 Å². The molecule has 0 unspecified atom stereocenters. The molecule has 3 heteroatoms. The number of aliphatic carboxylic acids is 1. The van der Waals surface area contributed by atoms with Crippen LogP contribution in [-0.4, -0.2) is 23.2 Å². The zero-order valence-electron chi connectivity index (χ0n) is 11.9. The Balaban J connectivity index is 2.80. The van der Waals surface area contributed by atoms with Gasteiger partial charge in [-0.05, 0) is 26.3 Å². The highest BCUT2D eigenvalue weighted by atomic mass is 16.4. The maximum Gasteiger partial charge on any atom is 0.323 e. The van der Waals surface area contributed by atoms with Gasteiger partial charge in [-0.1, -0.05) is 43.7 Å². The van der Waals surface area contributed by atoms with Crippen LogP contribution in [0, 0.1) is 6.92 Å². The first-order valence-electron chi connectivity index (χ1n) is 6.21. The number of hydrogen-bond donors (Lipinski definition) is 2. The van der Waals surface area contributed by atoms with Crippen LogP contribution in [0.25, 0.3) is 0 Å². The van der Waals surface area contributed by atoms with E-state index in [1.807, 2.05) is 6.07 Å². The van der Waals surface area contributed by atoms with Gasteiger partial charge in [-0.3, -0.25) is 4.79 Å². The zero-order valence-corrected chi connectivity index (χ0v) is 11.9. The highest BCUT2D eigenvalue weighted by Gasteiger charge is 2.30. The first-order valence-corrected chi connectivity index (χ1v) is 6.21. The van der Waals surface area contributed by atoms with Crippen molar-refractivity contribution in [2.24, 2.45) is 0 Å². The second-order valence-electron chi connectivity index (χ2n) is 6.04. The molecule has 1 aromatic rings. The van der Waals surface area contributed by atoms with Gasteiger partial charge in [-0.15, -0.1) is 0 Å². The molecule has 0 aliphatic heterocycles. The Morgan fingerprint density at radius 2 is 1.89 bits per heavy atom. The fourth-order valence-electron chi connectivity index (χ4n) is 1.69. The number of rotatable bonds is 5. The maximum absolute atomic E-state index is 11.1. The highest BCUT2D eigenvalue weighted by Crippen LogP contribution is 2.23. The largest absolute Gasteiger partial charge is 0.480 e. The lowest BCUT2D eigenvalue weighted by Crippen LogP contribution is -2.50. The van der Waals surface area contributed by atoms with Gasteiger partial charge in [0, 0.05) is 12.0 Å². The summed E-state index contributed by atoms with van der Waals surface area (Å²) in [7, 11) is 0. The zero-order chi connectivity index (χ0) is 14.0. The van der Waals surface area contributed by atoms with Crippen LogP contribution in [0.4, 0.5) is 0 Å². The molecule has 1 aromatic carbocycles. The van der Waals surface area contributed by atoms with Crippen LogP contribution in [0.2, 0.25) is 0 Å². The molecule has 0 heterocycles. The highest BCUT2D eigenvalue weighted by molar-refractivity contribution is 5.77. The van der Waals surface area contributed by atoms with Gasteiger partial charge in [0.2, 0.25) is 0 Å². The van der Waals surface area contributed by atoms with Crippen LogP contribution in [-0.2, 0) is 10.2 Å². The second kappa shape index (κ2) is 5.11. The van der Waals surface area contributed by atoms with E-state index in [1.54, 1.807) is 13.8 Å². The molecule has 0 radical (unpaired) electrons. The van der Waals surface area contributed by atoms with E-state index in [0.717, 1.165) is 0 Å². The molecule has 0 atom stereocenters. The van der Waals surface area contributed by atoms with Crippen LogP contribution in [0.5, 0.6) is 0 Å². The lowest BCUT2D eigenvalue weighted by atomic mass is 9.83. The van der Waals surface area contributed by atoms with Crippen molar-refractivity contribution in [3.63, 3.8) is 0 Å². The third-order valence-electron chi connectivity index (χ3n) is 3.31. The van der Waals surface area contributed by atoms with Crippen molar-refractivity contribution in [2.75, 3.05) is 6.54 Å². The number of carbonyl (C=O) groups is 1. The van der Waals surface area contributed by atoms with Gasteiger partial charge in [0.05, 0.1) is 0 Å². The van der Waals surface area contributed by atoms with Gasteiger partial charge in [0.25, 0.3) is 0 Å². The monoisotopic (exact) mass is 249 g/mol. The molecule has 0 aliphatic rings. The second-order valence-corrected chi connectivity index (χ2v) is 6.04. The fourth-order valence-corrected chi connectivity index (χ4v) is 1.69. The van der Waals surface area contributed by atoms with Crippen LogP contribution in [0.15, 0.2) is 24.3 Å². The Kier molecular flexibility index (Phi) is 4.17. The summed E-state index contributed by atoms with van der Waals surface area (Å²) in [5, 5.41) is 12.2. The number of benzene rings is 1. The van der Waals surface area contributed by atoms with Gasteiger partial charge >= 0.3 is 5.97 Å². The minimum absolute atomic E-state index is 0.0985. The van der Waals surface area contributed by atoms with Gasteiger partial charge < -0.3 is 10.4 Å². The minimum Gasteiger partial charge on any atom is -0.480 e. The Bertz CT molecular complexity index is 436. The fraction of sp³-hybridized carbons (Fsp3) is 0.533. The van der Waals surface area contributed by atoms with Gasteiger partial charge in [-0.25, -0.2) is 0 Å². The van der Waals surface area contributed by atoms with E-state index in [4.69, 9.17) is 5.11 Å². The number of carboxylic acids is 1. The molecule has 0 aromatic heterocycles. The first-order chi connectivity index (χ1) is 8.15. The molecular weight excluding hydrogens is 226 g/mol. The molecule has 0 aliphatic carbocycles. The average Bonchev–Trinajstić information content (AvgIpc) is 2.26. The Morgan fingerprint density at radius 3 is 2.39 bits per heavy atom. The molecule has 18 heavy (non-hydrogen) atoms. The molecule has 100 valence electrons. The summed E-state index contributed by atoms with van der Waals surface area (Å²) >= 11 is 0. The van der Waals surface area contributed by atoms with E-state index in [0.29, 0.717) is 6.54 Å². The van der Waals surface area contributed by atoms with E-state index in [-0.39, 0.29) is 5.41 Å². The number of nitrogens with one attached hydrogen (secondary N) is 1. The molecule has 0 bridgehead atoms. The molecule has 0 saturated heterocycles. The standard InChI is InChI=1S/C15H23NO2/c1-11-7-6-8-12(9-11)14(2,3)10-16-15(4,5)13(17)18/h6-9,16H,10H2,1-5H3,(H,17,18). The van der Waals surface area contributed by atoms with Crippen LogP contribution < -0.4 is 5.32 Å². The van der Waals surface area contributed by atoms with Crippen molar-refractivity contribution in [1.82, 2.24) is 5.32 Å². The molecule has 0 saturated carbocycles. The van der Waals surface area contributed by atoms with E-state index in [1.165, 1.54) is 11.1 Å². The van der Waals surface area contributed by atoms with Gasteiger partial charge in [0.1, 0.15) is 5.54 Å². The minimum atomic E-state index is -0.902. The normalized spacial score (nSPS) is 12.5. The smallest absolute Gasteiger partial charge is 0.323 e. The molecular formula is C15H23NO2. The van der Waals surface area contributed by atoms with Crippen molar-refractivity contribution in [3.05, 3.63) is 35.4 Å². The van der Waals surface area contributed by atoms with Crippen molar-refractivity contribution >= 4 is 5.97 Å². The third-order valence-corrected chi connectivity index (χ3v) is 3.31. The Morgan fingerprint density at radius 1 is 1.28 bits per heavy atom. The number of aryl methyl sites for hydroxylation is 1. The molecule has 0 spiro atoms. The number of hydrogen-bond acceptors (Lipinski definition) is 2. The molecule has 1 rings (SSSR count). The van der Waals surface area contributed by atoms with Crippen LogP contribution >= 0.6 is 0 Å². The van der Waals surface area contributed by atoms with Crippen molar-refractivity contribution in [3.8, 4) is 0 Å². The summed E-state index contributed by atoms with van der Waals surface area (Å²) in [6.45, 7) is 10.3. The summed E-state index contributed by atoms with van der Waals surface area (Å²) in [5.74, 6) is -0.831. The lowest BCUT2D eigenvalue weighted by Gasteiger charge is -2.31. The van der Waals surface area contributed by atoms with Gasteiger partial charge in [0.15, 0.2) is 0 Å². The van der Waals surface area contributed by atoms with Crippen molar-refractivity contribution in [2.45, 2.75) is 45.6 Å². The molecule has 3 nitrogen and oxygen atoms in total. The summed E-state index contributed by atoms with van der Waals surface area (Å²) in [6.07, 6.45) is 0. The van der Waals surface area contributed by atoms with Gasteiger partial charge in [-0.2, -0.15) is 0 Å². The quantitative estimate of drug-likeness (QED) is 0.843. The molecule has 0 fully saturated rings. The van der Waals surface area contributed by atoms with E-state index >= 15 is 0 Å². The molecule has 2 N–H and O–H groups in total. The van der Waals surface area contributed by atoms with Crippen LogP contribution in [0.1, 0.15) is 38.8 Å². The molecule has 0 amide bonds. The van der Waals surface area contributed by atoms with E-state index < -0.39 is 11.5 Å². The summed E-state index contributed by atoms with van der Waals surface area (Å²) in [5.41, 5.74) is 1.44.